The van der Waals surface area contributed by atoms with Crippen molar-refractivity contribution in [1.82, 2.24) is 10.2 Å². The quantitative estimate of drug-likeness (QED) is 0.747. The van der Waals surface area contributed by atoms with Crippen molar-refractivity contribution in [2.75, 3.05) is 5.88 Å². The first-order valence-electron chi connectivity index (χ1n) is 4.84. The van der Waals surface area contributed by atoms with Gasteiger partial charge in [0, 0.05) is 17.9 Å². The highest BCUT2D eigenvalue weighted by Gasteiger charge is 2.06. The fourth-order valence-corrected chi connectivity index (χ4v) is 1.40. The lowest BCUT2D eigenvalue weighted by Crippen LogP contribution is -1.85. The van der Waals surface area contributed by atoms with Crippen molar-refractivity contribution in [2.45, 2.75) is 12.8 Å². The molecule has 0 saturated carbocycles. The summed E-state index contributed by atoms with van der Waals surface area (Å²) in [6.45, 7) is 0. The lowest BCUT2D eigenvalue weighted by atomic mass is 10.2. The van der Waals surface area contributed by atoms with E-state index in [1.165, 1.54) is 0 Å². The summed E-state index contributed by atoms with van der Waals surface area (Å²) < 4.78 is 5.49. The fraction of sp³-hybridized carbons (Fsp3) is 0.273. The molecular formula is C11H11ClN2O. The number of nitrogens with zero attached hydrogens (tertiary/aromatic N) is 2. The van der Waals surface area contributed by atoms with Crippen LogP contribution in [0.4, 0.5) is 0 Å². The van der Waals surface area contributed by atoms with Gasteiger partial charge in [-0.25, -0.2) is 0 Å². The first-order valence-corrected chi connectivity index (χ1v) is 5.37. The van der Waals surface area contributed by atoms with Gasteiger partial charge in [-0.1, -0.05) is 18.2 Å². The molecule has 0 unspecified atom stereocenters. The second-order valence-corrected chi connectivity index (χ2v) is 3.54. The summed E-state index contributed by atoms with van der Waals surface area (Å²) in [5, 5.41) is 7.93. The van der Waals surface area contributed by atoms with Crippen molar-refractivity contribution in [3.63, 3.8) is 0 Å². The van der Waals surface area contributed by atoms with Crippen molar-refractivity contribution < 1.29 is 4.42 Å². The minimum atomic E-state index is 0.570. The average molecular weight is 223 g/mol. The summed E-state index contributed by atoms with van der Waals surface area (Å²) in [5.41, 5.74) is 0.946. The second-order valence-electron chi connectivity index (χ2n) is 3.16. The molecule has 0 aliphatic rings. The van der Waals surface area contributed by atoms with E-state index in [2.05, 4.69) is 10.2 Å². The van der Waals surface area contributed by atoms with Crippen LogP contribution in [-0.4, -0.2) is 16.1 Å². The fourth-order valence-electron chi connectivity index (χ4n) is 1.27. The van der Waals surface area contributed by atoms with E-state index in [-0.39, 0.29) is 0 Å². The highest BCUT2D eigenvalue weighted by atomic mass is 35.5. The molecular weight excluding hydrogens is 212 g/mol. The Balaban J connectivity index is 2.14. The highest BCUT2D eigenvalue weighted by Crippen LogP contribution is 2.17. The third kappa shape index (κ3) is 2.57. The number of alkyl halides is 1. The van der Waals surface area contributed by atoms with E-state index in [0.717, 1.165) is 18.4 Å². The molecule has 3 nitrogen and oxygen atoms in total. The third-order valence-corrected chi connectivity index (χ3v) is 2.28. The molecule has 0 radical (unpaired) electrons. The predicted molar refractivity (Wildman–Crippen MR) is 58.8 cm³/mol. The zero-order chi connectivity index (χ0) is 10.5. The van der Waals surface area contributed by atoms with Gasteiger partial charge in [0.1, 0.15) is 0 Å². The van der Waals surface area contributed by atoms with Crippen molar-refractivity contribution in [1.29, 1.82) is 0 Å². The van der Waals surface area contributed by atoms with Crippen LogP contribution in [0.25, 0.3) is 11.5 Å². The van der Waals surface area contributed by atoms with Gasteiger partial charge in [-0.2, -0.15) is 0 Å². The number of halogens is 1. The van der Waals surface area contributed by atoms with Crippen molar-refractivity contribution in [3.05, 3.63) is 36.2 Å². The van der Waals surface area contributed by atoms with Gasteiger partial charge in [0.2, 0.25) is 11.8 Å². The highest BCUT2D eigenvalue weighted by molar-refractivity contribution is 6.17. The maximum absolute atomic E-state index is 5.59. The summed E-state index contributed by atoms with van der Waals surface area (Å²) in [6, 6.07) is 9.72. The minimum absolute atomic E-state index is 0.570. The first kappa shape index (κ1) is 10.2. The Morgan fingerprint density at radius 1 is 1.13 bits per heavy atom. The largest absolute Gasteiger partial charge is 0.421 e. The molecule has 0 aliphatic heterocycles. The Bertz CT molecular complexity index is 414. The summed E-state index contributed by atoms with van der Waals surface area (Å²) >= 11 is 5.59. The molecule has 1 aromatic carbocycles. The molecule has 0 saturated heterocycles. The van der Waals surface area contributed by atoms with E-state index in [4.69, 9.17) is 16.0 Å². The van der Waals surface area contributed by atoms with Gasteiger partial charge >= 0.3 is 0 Å². The van der Waals surface area contributed by atoms with E-state index in [1.54, 1.807) is 0 Å². The number of hydrogen-bond acceptors (Lipinski definition) is 3. The maximum atomic E-state index is 5.59. The predicted octanol–water partition coefficient (Wildman–Crippen LogP) is 2.91. The van der Waals surface area contributed by atoms with Crippen LogP contribution in [-0.2, 0) is 6.42 Å². The second kappa shape index (κ2) is 4.94. The van der Waals surface area contributed by atoms with Crippen LogP contribution >= 0.6 is 11.6 Å². The van der Waals surface area contributed by atoms with Crippen LogP contribution in [0.2, 0.25) is 0 Å². The number of hydrogen-bond donors (Lipinski definition) is 0. The molecule has 1 heterocycles. The van der Waals surface area contributed by atoms with E-state index >= 15 is 0 Å². The molecule has 15 heavy (non-hydrogen) atoms. The molecule has 0 spiro atoms. The van der Waals surface area contributed by atoms with Crippen LogP contribution in [0.5, 0.6) is 0 Å². The number of benzene rings is 1. The Morgan fingerprint density at radius 3 is 2.67 bits per heavy atom. The van der Waals surface area contributed by atoms with Crippen molar-refractivity contribution in [3.8, 4) is 11.5 Å². The number of aryl methyl sites for hydroxylation is 1. The van der Waals surface area contributed by atoms with Gasteiger partial charge in [0.15, 0.2) is 0 Å². The first-order chi connectivity index (χ1) is 7.40. The summed E-state index contributed by atoms with van der Waals surface area (Å²) in [5.74, 6) is 1.83. The molecule has 2 aromatic rings. The maximum Gasteiger partial charge on any atom is 0.247 e. The standard InChI is InChI=1S/C11H11ClN2O/c12-8-4-7-10-13-14-11(15-10)9-5-2-1-3-6-9/h1-3,5-6H,4,7-8H2. The monoisotopic (exact) mass is 222 g/mol. The Morgan fingerprint density at radius 2 is 1.93 bits per heavy atom. The van der Waals surface area contributed by atoms with Gasteiger partial charge in [-0.05, 0) is 18.6 Å². The normalized spacial score (nSPS) is 10.5. The molecule has 0 N–H and O–H groups in total. The third-order valence-electron chi connectivity index (χ3n) is 2.01. The van der Waals surface area contributed by atoms with Gasteiger partial charge in [-0.15, -0.1) is 21.8 Å². The smallest absolute Gasteiger partial charge is 0.247 e. The van der Waals surface area contributed by atoms with E-state index < -0.39 is 0 Å². The average Bonchev–Trinajstić information content (AvgIpc) is 2.76. The lowest BCUT2D eigenvalue weighted by molar-refractivity contribution is 0.502. The summed E-state index contributed by atoms with van der Waals surface area (Å²) in [7, 11) is 0. The van der Waals surface area contributed by atoms with E-state index in [1.807, 2.05) is 30.3 Å². The van der Waals surface area contributed by atoms with Crippen LogP contribution in [0.3, 0.4) is 0 Å². The van der Waals surface area contributed by atoms with Gasteiger partial charge in [0.25, 0.3) is 0 Å². The molecule has 0 bridgehead atoms. The summed E-state index contributed by atoms with van der Waals surface area (Å²) in [6.07, 6.45) is 1.60. The van der Waals surface area contributed by atoms with E-state index in [0.29, 0.717) is 17.7 Å². The zero-order valence-corrected chi connectivity index (χ0v) is 8.94. The van der Waals surface area contributed by atoms with Crippen LogP contribution in [0.1, 0.15) is 12.3 Å². The zero-order valence-electron chi connectivity index (χ0n) is 8.19. The molecule has 4 heteroatoms. The van der Waals surface area contributed by atoms with Gasteiger partial charge < -0.3 is 4.42 Å². The SMILES string of the molecule is ClCCCc1nnc(-c2ccccc2)o1. The molecule has 0 amide bonds. The number of rotatable bonds is 4. The Labute approximate surface area is 93.1 Å². The Hall–Kier alpha value is -1.35. The molecule has 2 rings (SSSR count). The summed E-state index contributed by atoms with van der Waals surface area (Å²) in [4.78, 5) is 0. The van der Waals surface area contributed by atoms with Crippen molar-refractivity contribution >= 4 is 11.6 Å². The van der Waals surface area contributed by atoms with Crippen molar-refractivity contribution in [2.24, 2.45) is 0 Å². The lowest BCUT2D eigenvalue weighted by Gasteiger charge is -1.92. The molecule has 0 fully saturated rings. The molecule has 0 aliphatic carbocycles. The molecule has 78 valence electrons. The molecule has 0 atom stereocenters. The van der Waals surface area contributed by atoms with Gasteiger partial charge in [-0.3, -0.25) is 0 Å². The Kier molecular flexibility index (Phi) is 3.35. The van der Waals surface area contributed by atoms with Crippen LogP contribution in [0, 0.1) is 0 Å². The topological polar surface area (TPSA) is 38.9 Å². The van der Waals surface area contributed by atoms with Crippen LogP contribution in [0.15, 0.2) is 34.7 Å². The minimum Gasteiger partial charge on any atom is -0.421 e. The van der Waals surface area contributed by atoms with E-state index in [9.17, 15) is 0 Å². The van der Waals surface area contributed by atoms with Gasteiger partial charge in [0.05, 0.1) is 0 Å². The number of aromatic nitrogens is 2. The van der Waals surface area contributed by atoms with Crippen LogP contribution < -0.4 is 0 Å². The molecule has 1 aromatic heterocycles.